The number of imidazole rings is 2. The Hall–Kier alpha value is -5.80. The summed E-state index contributed by atoms with van der Waals surface area (Å²) < 4.78 is 5.65. The number of ether oxygens (including phenoxy) is 1. The van der Waals surface area contributed by atoms with Gasteiger partial charge in [-0.2, -0.15) is 0 Å². The van der Waals surface area contributed by atoms with E-state index in [1.807, 2.05) is 82.9 Å². The summed E-state index contributed by atoms with van der Waals surface area (Å²) in [6.45, 7) is 1.43. The van der Waals surface area contributed by atoms with Gasteiger partial charge in [-0.25, -0.2) is 9.97 Å². The van der Waals surface area contributed by atoms with Gasteiger partial charge < -0.3 is 24.5 Å². The van der Waals surface area contributed by atoms with Crippen molar-refractivity contribution in [1.82, 2.24) is 29.7 Å². The van der Waals surface area contributed by atoms with Crippen LogP contribution in [0, 0.1) is 0 Å². The molecular weight excluding hydrogens is 649 g/mol. The van der Waals surface area contributed by atoms with E-state index in [1.54, 1.807) is 7.11 Å². The Kier molecular flexibility index (Phi) is 9.50. The molecule has 4 heterocycles. The first kappa shape index (κ1) is 33.3. The fourth-order valence-electron chi connectivity index (χ4n) is 7.68. The molecule has 8 rings (SSSR count). The number of nitrogens with one attached hydrogen (secondary N) is 2. The Morgan fingerprint density at radius 3 is 1.69 bits per heavy atom. The highest BCUT2D eigenvalue weighted by Gasteiger charge is 2.36. The number of methoxy groups -OCH3 is 1. The maximum Gasteiger partial charge on any atom is 0.256 e. The summed E-state index contributed by atoms with van der Waals surface area (Å²) in [5.74, 6) is 1.74. The second-order valence-electron chi connectivity index (χ2n) is 13.6. The average molecular weight is 691 g/mol. The van der Waals surface area contributed by atoms with E-state index in [4.69, 9.17) is 14.7 Å². The van der Waals surface area contributed by atoms with Gasteiger partial charge in [0, 0.05) is 20.2 Å². The second kappa shape index (κ2) is 14.8. The Morgan fingerprint density at radius 1 is 0.673 bits per heavy atom. The zero-order valence-electron chi connectivity index (χ0n) is 29.2. The molecule has 0 aliphatic carbocycles. The number of hydrogen-bond donors (Lipinski definition) is 2. The quantitative estimate of drug-likeness (QED) is 0.151. The fourth-order valence-corrected chi connectivity index (χ4v) is 7.68. The highest BCUT2D eigenvalue weighted by molar-refractivity contribution is 5.83. The van der Waals surface area contributed by atoms with Crippen molar-refractivity contribution < 1.29 is 14.3 Å². The Bertz CT molecular complexity index is 2130. The number of aromatic nitrogens is 4. The van der Waals surface area contributed by atoms with Crippen LogP contribution in [0.5, 0.6) is 0 Å². The highest BCUT2D eigenvalue weighted by Crippen LogP contribution is 2.36. The molecule has 9 heteroatoms. The molecule has 2 N–H and O–H groups in total. The molecule has 3 atom stereocenters. The number of H-pyrrole nitrogens is 2. The van der Waals surface area contributed by atoms with Crippen molar-refractivity contribution in [1.29, 1.82) is 0 Å². The minimum absolute atomic E-state index is 0.0315. The van der Waals surface area contributed by atoms with Crippen molar-refractivity contribution in [3.63, 3.8) is 0 Å². The van der Waals surface area contributed by atoms with Crippen LogP contribution < -0.4 is 0 Å². The predicted octanol–water partition coefficient (Wildman–Crippen LogP) is 8.09. The summed E-state index contributed by atoms with van der Waals surface area (Å²) in [6, 6.07) is 36.3. The van der Waals surface area contributed by atoms with Gasteiger partial charge in [0.2, 0.25) is 5.91 Å². The lowest BCUT2D eigenvalue weighted by Crippen LogP contribution is -2.35. The van der Waals surface area contributed by atoms with Crippen molar-refractivity contribution in [2.75, 3.05) is 20.2 Å². The van der Waals surface area contributed by atoms with E-state index >= 15 is 0 Å². The van der Waals surface area contributed by atoms with Crippen LogP contribution in [0.3, 0.4) is 0 Å². The van der Waals surface area contributed by atoms with Gasteiger partial charge in [0.15, 0.2) is 6.10 Å². The van der Waals surface area contributed by atoms with Crippen molar-refractivity contribution >= 4 is 11.8 Å². The molecule has 0 radical (unpaired) electrons. The van der Waals surface area contributed by atoms with Gasteiger partial charge in [-0.1, -0.05) is 109 Å². The molecule has 2 fully saturated rings. The van der Waals surface area contributed by atoms with E-state index in [0.29, 0.717) is 13.0 Å². The molecule has 6 aromatic rings. The number of carbonyl (C=O) groups excluding carboxylic acids is 2. The molecule has 2 saturated heterocycles. The van der Waals surface area contributed by atoms with Crippen LogP contribution >= 0.6 is 0 Å². The standard InChI is InChI=1S/C43H42N6O3/c1-52-40(34-12-6-3-7-13-34)43(51)49-25-9-15-38(49)42-45-28-36(47-42)33-22-18-31(19-23-33)30-16-20-32(21-17-30)35-27-44-41(46-35)37-14-8-24-48(37)39(50)26-29-10-4-2-5-11-29/h2-7,10-13,16-23,27-28,37-38,40H,8-9,14-15,24-26H2,1H3,(H,44,46)(H,45,47)/t37-,38-,40+/m0/s1. The van der Waals surface area contributed by atoms with Gasteiger partial charge in [-0.05, 0) is 59.1 Å². The number of likely N-dealkylation sites (tertiary alicyclic amines) is 2. The van der Waals surface area contributed by atoms with Crippen molar-refractivity contribution in [3.05, 3.63) is 144 Å². The van der Waals surface area contributed by atoms with Gasteiger partial charge in [0.05, 0.1) is 42.3 Å². The molecule has 2 aliphatic heterocycles. The molecular formula is C43H42N6O3. The third-order valence-corrected chi connectivity index (χ3v) is 10.4. The van der Waals surface area contributed by atoms with Crippen molar-refractivity contribution in [2.45, 2.75) is 50.3 Å². The van der Waals surface area contributed by atoms with E-state index in [1.165, 1.54) is 0 Å². The number of nitrogens with zero attached hydrogens (tertiary/aromatic N) is 4. The van der Waals surface area contributed by atoms with Crippen LogP contribution in [0.1, 0.15) is 66.6 Å². The van der Waals surface area contributed by atoms with E-state index in [0.717, 1.165) is 88.6 Å². The van der Waals surface area contributed by atoms with Gasteiger partial charge in [0.25, 0.3) is 5.91 Å². The van der Waals surface area contributed by atoms with Crippen LogP contribution in [-0.4, -0.2) is 61.7 Å². The van der Waals surface area contributed by atoms with Gasteiger partial charge in [0.1, 0.15) is 11.6 Å². The molecule has 262 valence electrons. The Labute approximate surface area is 303 Å². The zero-order valence-corrected chi connectivity index (χ0v) is 29.2. The number of benzene rings is 4. The van der Waals surface area contributed by atoms with E-state index in [2.05, 4.69) is 58.5 Å². The van der Waals surface area contributed by atoms with E-state index in [-0.39, 0.29) is 23.9 Å². The first-order valence-electron chi connectivity index (χ1n) is 18.1. The van der Waals surface area contributed by atoms with E-state index in [9.17, 15) is 9.59 Å². The van der Waals surface area contributed by atoms with E-state index < -0.39 is 6.10 Å². The van der Waals surface area contributed by atoms with Crippen LogP contribution in [0.4, 0.5) is 0 Å². The van der Waals surface area contributed by atoms with Gasteiger partial charge in [-0.15, -0.1) is 0 Å². The first-order chi connectivity index (χ1) is 25.6. The van der Waals surface area contributed by atoms with Gasteiger partial charge in [-0.3, -0.25) is 9.59 Å². The smallest absolute Gasteiger partial charge is 0.256 e. The summed E-state index contributed by atoms with van der Waals surface area (Å²) in [6.07, 6.45) is 7.14. The minimum Gasteiger partial charge on any atom is -0.367 e. The van der Waals surface area contributed by atoms with Crippen molar-refractivity contribution in [2.24, 2.45) is 0 Å². The summed E-state index contributed by atoms with van der Waals surface area (Å²) >= 11 is 0. The van der Waals surface area contributed by atoms with Crippen molar-refractivity contribution in [3.8, 4) is 33.6 Å². The summed E-state index contributed by atoms with van der Waals surface area (Å²) in [7, 11) is 1.58. The lowest BCUT2D eigenvalue weighted by Gasteiger charge is -2.27. The minimum atomic E-state index is -0.639. The third kappa shape index (κ3) is 6.79. The molecule has 0 saturated carbocycles. The normalized spacial score (nSPS) is 17.8. The average Bonchev–Trinajstić information content (AvgIpc) is 4.03. The summed E-state index contributed by atoms with van der Waals surface area (Å²) in [4.78, 5) is 47.1. The first-order valence-corrected chi connectivity index (χ1v) is 18.1. The summed E-state index contributed by atoms with van der Waals surface area (Å²) in [5, 5.41) is 0. The van der Waals surface area contributed by atoms with Gasteiger partial charge >= 0.3 is 0 Å². The lowest BCUT2D eigenvalue weighted by atomic mass is 10.0. The molecule has 2 amide bonds. The fraction of sp³-hybridized carbons (Fsp3) is 0.256. The maximum absolute atomic E-state index is 13.6. The number of aromatic amines is 2. The number of rotatable bonds is 10. The maximum atomic E-state index is 13.6. The number of amides is 2. The molecule has 4 aromatic carbocycles. The molecule has 0 spiro atoms. The summed E-state index contributed by atoms with van der Waals surface area (Å²) in [5.41, 5.74) is 8.04. The largest absolute Gasteiger partial charge is 0.367 e. The molecule has 52 heavy (non-hydrogen) atoms. The van der Waals surface area contributed by atoms with Crippen LogP contribution in [0.25, 0.3) is 33.6 Å². The Morgan fingerprint density at radius 2 is 1.15 bits per heavy atom. The Balaban J connectivity index is 0.918. The molecule has 0 bridgehead atoms. The molecule has 2 aromatic heterocycles. The monoisotopic (exact) mass is 690 g/mol. The zero-order chi connectivity index (χ0) is 35.4. The predicted molar refractivity (Wildman–Crippen MR) is 201 cm³/mol. The molecule has 9 nitrogen and oxygen atoms in total. The molecule has 2 aliphatic rings. The number of carbonyl (C=O) groups is 2. The van der Waals surface area contributed by atoms with Crippen LogP contribution in [0.2, 0.25) is 0 Å². The van der Waals surface area contributed by atoms with Crippen LogP contribution in [0.15, 0.2) is 122 Å². The topological polar surface area (TPSA) is 107 Å². The SMILES string of the molecule is CO[C@@H](C(=O)N1CCC[C@H]1c1ncc(-c2ccc(-c3ccc(-c4cnc([C@@H]5CCCN5C(=O)Cc5ccccc5)[nH]4)cc3)cc2)[nH]1)c1ccccc1. The third-order valence-electron chi connectivity index (χ3n) is 10.4. The molecule has 0 unspecified atom stereocenters. The second-order valence-corrected chi connectivity index (χ2v) is 13.6. The number of hydrogen-bond acceptors (Lipinski definition) is 5. The lowest BCUT2D eigenvalue weighted by molar-refractivity contribution is -0.143. The highest BCUT2D eigenvalue weighted by atomic mass is 16.5. The van der Waals surface area contributed by atoms with Crippen LogP contribution in [-0.2, 0) is 20.7 Å².